The van der Waals surface area contributed by atoms with E-state index in [2.05, 4.69) is 0 Å². The summed E-state index contributed by atoms with van der Waals surface area (Å²) in [5, 5.41) is 18.8. The molecule has 2 unspecified atom stereocenters. The fourth-order valence-corrected chi connectivity index (χ4v) is 2.82. The lowest BCUT2D eigenvalue weighted by atomic mass is 9.80. The molecule has 2 rings (SSSR count). The second-order valence-electron chi connectivity index (χ2n) is 5.53. The molecule has 0 aromatic rings. The fraction of sp³-hybridized carbons (Fsp3) is 0.917. The zero-order valence-electron chi connectivity index (χ0n) is 10.1. The van der Waals surface area contributed by atoms with Gasteiger partial charge in [0.25, 0.3) is 0 Å². The van der Waals surface area contributed by atoms with Gasteiger partial charge in [-0.05, 0) is 12.8 Å². The van der Waals surface area contributed by atoms with Gasteiger partial charge in [-0.3, -0.25) is 4.79 Å². The van der Waals surface area contributed by atoms with E-state index in [0.717, 1.165) is 25.7 Å². The van der Waals surface area contributed by atoms with Crippen LogP contribution in [0.1, 0.15) is 38.5 Å². The van der Waals surface area contributed by atoms with Crippen molar-refractivity contribution in [1.29, 1.82) is 0 Å². The van der Waals surface area contributed by atoms with Gasteiger partial charge in [-0.2, -0.15) is 0 Å². The Bertz CT molecular complexity index is 279. The summed E-state index contributed by atoms with van der Waals surface area (Å²) in [6, 6.07) is 0. The van der Waals surface area contributed by atoms with Crippen LogP contribution >= 0.6 is 0 Å². The molecule has 0 radical (unpaired) electrons. The van der Waals surface area contributed by atoms with Gasteiger partial charge < -0.3 is 20.8 Å². The van der Waals surface area contributed by atoms with E-state index in [4.69, 9.17) is 5.73 Å². The monoisotopic (exact) mass is 242 g/mol. The van der Waals surface area contributed by atoms with E-state index in [-0.39, 0.29) is 24.5 Å². The summed E-state index contributed by atoms with van der Waals surface area (Å²) in [5.74, 6) is -0.0370. The molecular weight excluding hydrogens is 220 g/mol. The Morgan fingerprint density at radius 2 is 1.71 bits per heavy atom. The molecule has 1 aliphatic carbocycles. The van der Waals surface area contributed by atoms with Gasteiger partial charge in [0.2, 0.25) is 5.91 Å². The molecular formula is C12H22N2O3. The summed E-state index contributed by atoms with van der Waals surface area (Å²) >= 11 is 0. The Labute approximate surface area is 102 Å². The number of carbonyl (C=O) groups excluding carboxylic acids is 1. The third-order valence-corrected chi connectivity index (χ3v) is 3.96. The first-order chi connectivity index (χ1) is 8.00. The van der Waals surface area contributed by atoms with Crippen LogP contribution in [0.25, 0.3) is 0 Å². The second-order valence-corrected chi connectivity index (χ2v) is 5.53. The molecule has 98 valence electrons. The predicted octanol–water partition coefficient (Wildman–Crippen LogP) is -0.398. The van der Waals surface area contributed by atoms with Crippen LogP contribution < -0.4 is 5.73 Å². The van der Waals surface area contributed by atoms with Crippen LogP contribution in [-0.4, -0.2) is 51.9 Å². The highest BCUT2D eigenvalue weighted by atomic mass is 16.3. The number of rotatable bonds is 2. The van der Waals surface area contributed by atoms with Gasteiger partial charge in [-0.25, -0.2) is 0 Å². The van der Waals surface area contributed by atoms with Crippen LogP contribution in [0.5, 0.6) is 0 Å². The van der Waals surface area contributed by atoms with Crippen molar-refractivity contribution in [2.75, 3.05) is 13.1 Å². The third kappa shape index (κ3) is 2.97. The van der Waals surface area contributed by atoms with Crippen molar-refractivity contribution in [3.8, 4) is 0 Å². The molecule has 2 atom stereocenters. The molecule has 0 aromatic heterocycles. The Kier molecular flexibility index (Phi) is 3.70. The van der Waals surface area contributed by atoms with Gasteiger partial charge >= 0.3 is 0 Å². The summed E-state index contributed by atoms with van der Waals surface area (Å²) in [5.41, 5.74) is 5.86. The highest BCUT2D eigenvalue weighted by molar-refractivity contribution is 5.78. The molecule has 0 spiro atoms. The topological polar surface area (TPSA) is 86.8 Å². The molecule has 2 fully saturated rings. The van der Waals surface area contributed by atoms with Crippen molar-refractivity contribution in [3.05, 3.63) is 0 Å². The fourth-order valence-electron chi connectivity index (χ4n) is 2.82. The van der Waals surface area contributed by atoms with Crippen LogP contribution in [0, 0.1) is 0 Å². The Morgan fingerprint density at radius 3 is 2.24 bits per heavy atom. The minimum Gasteiger partial charge on any atom is -0.388 e. The molecule has 1 heterocycles. The molecule has 1 saturated heterocycles. The Hall–Kier alpha value is -0.650. The predicted molar refractivity (Wildman–Crippen MR) is 63.2 cm³/mol. The maximum absolute atomic E-state index is 12.0. The Morgan fingerprint density at radius 1 is 1.18 bits per heavy atom. The molecule has 5 nitrogen and oxygen atoms in total. The van der Waals surface area contributed by atoms with Gasteiger partial charge in [0, 0.05) is 25.0 Å². The number of amides is 1. The number of likely N-dealkylation sites (tertiary alicyclic amines) is 1. The molecule has 0 bridgehead atoms. The number of β-amino-alcohol motifs (C(OH)–C–C–N with tert-alkyl or cyclic N) is 2. The molecule has 0 aromatic carbocycles. The first-order valence-electron chi connectivity index (χ1n) is 6.43. The minimum atomic E-state index is -0.806. The van der Waals surface area contributed by atoms with Gasteiger partial charge in [0.15, 0.2) is 0 Å². The average Bonchev–Trinajstić information content (AvgIpc) is 2.60. The summed E-state index contributed by atoms with van der Waals surface area (Å²) < 4.78 is 0. The van der Waals surface area contributed by atoms with Gasteiger partial charge in [-0.1, -0.05) is 19.3 Å². The number of hydrogen-bond donors (Lipinski definition) is 3. The van der Waals surface area contributed by atoms with E-state index in [1.165, 1.54) is 11.3 Å². The average molecular weight is 242 g/mol. The van der Waals surface area contributed by atoms with E-state index < -0.39 is 12.2 Å². The van der Waals surface area contributed by atoms with Crippen LogP contribution in [0.15, 0.2) is 0 Å². The van der Waals surface area contributed by atoms with Crippen LogP contribution in [0.2, 0.25) is 0 Å². The lowest BCUT2D eigenvalue weighted by molar-refractivity contribution is -0.132. The molecule has 17 heavy (non-hydrogen) atoms. The minimum absolute atomic E-state index is 0.0370. The zero-order chi connectivity index (χ0) is 12.5. The highest BCUT2D eigenvalue weighted by Gasteiger charge is 2.36. The van der Waals surface area contributed by atoms with Crippen molar-refractivity contribution < 1.29 is 15.0 Å². The molecule has 2 aliphatic rings. The molecule has 1 amide bonds. The number of aliphatic hydroxyl groups is 2. The zero-order valence-corrected chi connectivity index (χ0v) is 10.1. The highest BCUT2D eigenvalue weighted by Crippen LogP contribution is 2.29. The quantitative estimate of drug-likeness (QED) is 0.615. The first kappa shape index (κ1) is 12.8. The standard InChI is InChI=1S/C12H22N2O3/c13-12(4-2-1-3-5-12)6-11(17)14-7-9(15)10(16)8-14/h9-10,15-16H,1-8,13H2. The lowest BCUT2D eigenvalue weighted by Gasteiger charge is -2.34. The lowest BCUT2D eigenvalue weighted by Crippen LogP contribution is -2.46. The molecule has 1 saturated carbocycles. The summed E-state index contributed by atoms with van der Waals surface area (Å²) in [4.78, 5) is 13.6. The maximum atomic E-state index is 12.0. The number of carbonyl (C=O) groups is 1. The van der Waals surface area contributed by atoms with Gasteiger partial charge in [0.1, 0.15) is 0 Å². The van der Waals surface area contributed by atoms with Crippen molar-refractivity contribution >= 4 is 5.91 Å². The Balaban J connectivity index is 1.88. The number of hydrogen-bond acceptors (Lipinski definition) is 4. The number of nitrogens with zero attached hydrogens (tertiary/aromatic N) is 1. The SMILES string of the molecule is NC1(CC(=O)N2CC(O)C(O)C2)CCCCC1. The number of aliphatic hydroxyl groups excluding tert-OH is 2. The third-order valence-electron chi connectivity index (χ3n) is 3.96. The van der Waals surface area contributed by atoms with Crippen LogP contribution in [0.4, 0.5) is 0 Å². The van der Waals surface area contributed by atoms with E-state index in [1.807, 2.05) is 0 Å². The molecule has 4 N–H and O–H groups in total. The van der Waals surface area contributed by atoms with Gasteiger partial charge in [0.05, 0.1) is 12.2 Å². The van der Waals surface area contributed by atoms with Crippen molar-refractivity contribution in [2.45, 2.75) is 56.3 Å². The molecule has 5 heteroatoms. The molecule has 1 aliphatic heterocycles. The van der Waals surface area contributed by atoms with E-state index >= 15 is 0 Å². The summed E-state index contributed by atoms with van der Waals surface area (Å²) in [6.45, 7) is 0.464. The van der Waals surface area contributed by atoms with E-state index in [1.54, 1.807) is 0 Å². The van der Waals surface area contributed by atoms with Crippen LogP contribution in [0.3, 0.4) is 0 Å². The second kappa shape index (κ2) is 4.92. The van der Waals surface area contributed by atoms with Gasteiger partial charge in [-0.15, -0.1) is 0 Å². The van der Waals surface area contributed by atoms with Crippen LogP contribution in [-0.2, 0) is 4.79 Å². The summed E-state index contributed by atoms with van der Waals surface area (Å²) in [6.07, 6.45) is 3.92. The number of nitrogens with two attached hydrogens (primary N) is 1. The van der Waals surface area contributed by atoms with Crippen molar-refractivity contribution in [2.24, 2.45) is 5.73 Å². The van der Waals surface area contributed by atoms with E-state index in [0.29, 0.717) is 6.42 Å². The first-order valence-corrected chi connectivity index (χ1v) is 6.43. The van der Waals surface area contributed by atoms with E-state index in [9.17, 15) is 15.0 Å². The van der Waals surface area contributed by atoms with Crippen molar-refractivity contribution in [3.63, 3.8) is 0 Å². The maximum Gasteiger partial charge on any atom is 0.224 e. The largest absolute Gasteiger partial charge is 0.388 e. The van der Waals surface area contributed by atoms with Crippen molar-refractivity contribution in [1.82, 2.24) is 4.90 Å². The summed E-state index contributed by atoms with van der Waals surface area (Å²) in [7, 11) is 0. The normalized spacial score (nSPS) is 32.8. The smallest absolute Gasteiger partial charge is 0.224 e.